The molecular weight excluding hydrogens is 1010 g/mol. The van der Waals surface area contributed by atoms with Gasteiger partial charge in [-0.05, 0) is 151 Å². The smallest absolute Gasteiger partial charge is 0.164 e. The summed E-state index contributed by atoms with van der Waals surface area (Å²) in [5, 5.41) is 3.66. The lowest BCUT2D eigenvalue weighted by atomic mass is 9.90. The number of aromatic nitrogens is 5. The van der Waals surface area contributed by atoms with Crippen LogP contribution in [0.3, 0.4) is 0 Å². The quantitative estimate of drug-likeness (QED) is 0.137. The predicted molar refractivity (Wildman–Crippen MR) is 347 cm³/mol. The highest BCUT2D eigenvalue weighted by molar-refractivity contribution is 6.13. The first-order valence-corrected chi connectivity index (χ1v) is 29.0. The maximum Gasteiger partial charge on any atom is 0.164 e. The van der Waals surface area contributed by atoms with Crippen molar-refractivity contribution in [1.29, 1.82) is 0 Å². The molecule has 10 aromatic carbocycles. The topological polar surface area (TPSA) is 48.5 Å². The van der Waals surface area contributed by atoms with Gasteiger partial charge >= 0.3 is 0 Å². The number of hydrogen-bond donors (Lipinski definition) is 0. The fourth-order valence-corrected chi connectivity index (χ4v) is 13.2. The molecule has 0 aliphatic heterocycles. The van der Waals surface area contributed by atoms with Crippen LogP contribution in [0.5, 0.6) is 0 Å². The molecule has 0 bridgehead atoms. The maximum absolute atomic E-state index is 5.38. The highest BCUT2D eigenvalue weighted by Gasteiger charge is 2.26. The summed E-state index contributed by atoms with van der Waals surface area (Å²) < 4.78 is 5.08. The Labute approximate surface area is 484 Å². The summed E-state index contributed by atoms with van der Waals surface area (Å²) in [6, 6.07) is 82.0. The van der Waals surface area contributed by atoms with E-state index in [0.29, 0.717) is 17.5 Å². The van der Waals surface area contributed by atoms with Gasteiger partial charge in [0.05, 0.1) is 22.2 Å². The van der Waals surface area contributed by atoms with E-state index in [2.05, 4.69) is 248 Å². The zero-order valence-electron chi connectivity index (χ0n) is 46.8. The SMILES string of the molecule is Cc1cc(C)c(-c2ccc3c(c2)c2cc(-n4c5c(c6ccccc64)C=CCC5)ccc2n3-c2c(-c3ccc(C4=CCCC=C4)cc3)cc(-c3nc(-c4ccccc4)nc(-c4ccccc4)n3)cc2-c2ccc(-c3ccccc3)cc2)c(C)c1. The molecule has 0 saturated heterocycles. The summed E-state index contributed by atoms with van der Waals surface area (Å²) in [5.74, 6) is 1.83. The van der Waals surface area contributed by atoms with E-state index in [1.807, 2.05) is 36.4 Å². The lowest BCUT2D eigenvalue weighted by Gasteiger charge is -2.22. The van der Waals surface area contributed by atoms with Gasteiger partial charge in [0.15, 0.2) is 17.5 Å². The fraction of sp³-hybridized carbons (Fsp3) is 0.0897. The minimum Gasteiger partial charge on any atom is -0.313 e. The van der Waals surface area contributed by atoms with Gasteiger partial charge in [-0.2, -0.15) is 0 Å². The minimum absolute atomic E-state index is 0.597. The fourth-order valence-electron chi connectivity index (χ4n) is 13.2. The molecule has 0 amide bonds. The van der Waals surface area contributed by atoms with Gasteiger partial charge in [-0.25, -0.2) is 15.0 Å². The first-order chi connectivity index (χ1) is 40.9. The zero-order chi connectivity index (χ0) is 55.5. The van der Waals surface area contributed by atoms with Crippen LogP contribution in [-0.2, 0) is 6.42 Å². The van der Waals surface area contributed by atoms with Gasteiger partial charge in [-0.3, -0.25) is 0 Å². The van der Waals surface area contributed by atoms with Crippen molar-refractivity contribution in [1.82, 2.24) is 24.1 Å². The Morgan fingerprint density at radius 1 is 0.361 bits per heavy atom. The molecule has 0 saturated carbocycles. The lowest BCUT2D eigenvalue weighted by Crippen LogP contribution is -2.05. The van der Waals surface area contributed by atoms with Crippen LogP contribution < -0.4 is 0 Å². The summed E-state index contributed by atoms with van der Waals surface area (Å²) in [4.78, 5) is 15.9. The summed E-state index contributed by atoms with van der Waals surface area (Å²) in [5.41, 5.74) is 26.5. The molecule has 396 valence electrons. The molecule has 13 aromatic rings. The third-order valence-electron chi connectivity index (χ3n) is 16.9. The van der Waals surface area contributed by atoms with E-state index in [4.69, 9.17) is 15.0 Å². The molecule has 0 N–H and O–H groups in total. The molecule has 5 heteroatoms. The third-order valence-corrected chi connectivity index (χ3v) is 16.9. The molecule has 2 aliphatic rings. The molecule has 83 heavy (non-hydrogen) atoms. The molecule has 15 rings (SSSR count). The van der Waals surface area contributed by atoms with Gasteiger partial charge in [0, 0.05) is 60.9 Å². The van der Waals surface area contributed by atoms with Gasteiger partial charge in [0.2, 0.25) is 0 Å². The molecule has 0 radical (unpaired) electrons. The molecular formula is C78H59N5. The zero-order valence-corrected chi connectivity index (χ0v) is 46.8. The van der Waals surface area contributed by atoms with Crippen molar-refractivity contribution >= 4 is 44.4 Å². The van der Waals surface area contributed by atoms with Crippen LogP contribution in [0, 0.1) is 20.8 Å². The number of para-hydroxylation sites is 1. The average Bonchev–Trinajstić information content (AvgIpc) is 2.55. The number of aryl methyl sites for hydroxylation is 3. The molecule has 3 aromatic heterocycles. The first kappa shape index (κ1) is 49.8. The highest BCUT2D eigenvalue weighted by atomic mass is 15.0. The Balaban J connectivity index is 1.05. The number of fused-ring (bicyclic) bond motifs is 6. The van der Waals surface area contributed by atoms with Crippen LogP contribution >= 0.6 is 0 Å². The second-order valence-electron chi connectivity index (χ2n) is 22.3. The molecule has 5 nitrogen and oxygen atoms in total. The predicted octanol–water partition coefficient (Wildman–Crippen LogP) is 20.2. The third kappa shape index (κ3) is 8.93. The number of hydrogen-bond acceptors (Lipinski definition) is 3. The van der Waals surface area contributed by atoms with Gasteiger partial charge < -0.3 is 9.13 Å². The molecule has 0 atom stereocenters. The number of nitrogens with zero attached hydrogens (tertiary/aromatic N) is 5. The van der Waals surface area contributed by atoms with Gasteiger partial charge in [0.1, 0.15) is 0 Å². The Morgan fingerprint density at radius 3 is 1.49 bits per heavy atom. The van der Waals surface area contributed by atoms with Crippen LogP contribution in [0.1, 0.15) is 52.8 Å². The van der Waals surface area contributed by atoms with Crippen molar-refractivity contribution in [3.05, 3.63) is 282 Å². The normalized spacial score (nSPS) is 13.0. The second-order valence-corrected chi connectivity index (χ2v) is 22.3. The second kappa shape index (κ2) is 20.7. The minimum atomic E-state index is 0.597. The van der Waals surface area contributed by atoms with Crippen LogP contribution in [0.2, 0.25) is 0 Å². The van der Waals surface area contributed by atoms with Gasteiger partial charge in [-0.15, -0.1) is 0 Å². The van der Waals surface area contributed by atoms with Crippen molar-refractivity contribution in [3.8, 4) is 90.0 Å². The van der Waals surface area contributed by atoms with E-state index in [-0.39, 0.29) is 0 Å². The standard InChI is InChI=1S/C78H59N5/c1-50-44-51(2)74(52(3)45-50)61-40-42-72-68(46-61)69-49-63(82-70-30-18-16-28-64(70)65-29-17-19-31-71(65)82)41-43-73(69)83(72)75-66(57-36-32-55(33-37-57)53-20-8-4-9-21-53)47-62(48-67(75)58-38-34-56(35-39-58)54-22-10-5-11-23-54)78-80-76(59-24-12-6-13-25-59)79-77(81-78)60-26-14-7-15-27-60/h4,6-10,12-18,20-30,32-49H,5,11,19,31H2,1-3H3. The Bertz CT molecular complexity index is 4690. The van der Waals surface area contributed by atoms with E-state index in [9.17, 15) is 0 Å². The maximum atomic E-state index is 5.38. The number of allylic oxidation sites excluding steroid dienone is 5. The summed E-state index contributed by atoms with van der Waals surface area (Å²) in [6.45, 7) is 6.70. The molecule has 0 unspecified atom stereocenters. The average molecular weight is 1070 g/mol. The van der Waals surface area contributed by atoms with Crippen molar-refractivity contribution in [2.24, 2.45) is 0 Å². The van der Waals surface area contributed by atoms with E-state index < -0.39 is 0 Å². The number of benzene rings is 10. The van der Waals surface area contributed by atoms with Gasteiger partial charge in [-0.1, -0.05) is 212 Å². The van der Waals surface area contributed by atoms with Crippen LogP contribution in [0.4, 0.5) is 0 Å². The van der Waals surface area contributed by atoms with Crippen LogP contribution in [0.15, 0.2) is 249 Å². The largest absolute Gasteiger partial charge is 0.313 e. The van der Waals surface area contributed by atoms with Crippen molar-refractivity contribution in [2.75, 3.05) is 0 Å². The molecule has 0 fully saturated rings. The Morgan fingerprint density at radius 2 is 0.867 bits per heavy atom. The van der Waals surface area contributed by atoms with E-state index in [1.54, 1.807) is 0 Å². The summed E-state index contributed by atoms with van der Waals surface area (Å²) >= 11 is 0. The number of rotatable bonds is 10. The lowest BCUT2D eigenvalue weighted by molar-refractivity contribution is 0.889. The van der Waals surface area contributed by atoms with Gasteiger partial charge in [0.25, 0.3) is 0 Å². The van der Waals surface area contributed by atoms with Crippen LogP contribution in [0.25, 0.3) is 134 Å². The van der Waals surface area contributed by atoms with E-state index in [0.717, 1.165) is 92.6 Å². The molecule has 3 heterocycles. The van der Waals surface area contributed by atoms with Crippen molar-refractivity contribution in [2.45, 2.75) is 46.5 Å². The van der Waals surface area contributed by atoms with Crippen molar-refractivity contribution in [3.63, 3.8) is 0 Å². The monoisotopic (exact) mass is 1070 g/mol. The Kier molecular flexibility index (Phi) is 12.4. The summed E-state index contributed by atoms with van der Waals surface area (Å²) in [6.07, 6.45) is 15.7. The van der Waals surface area contributed by atoms with Crippen LogP contribution in [-0.4, -0.2) is 24.1 Å². The van der Waals surface area contributed by atoms with E-state index in [1.165, 1.54) is 77.5 Å². The first-order valence-electron chi connectivity index (χ1n) is 29.0. The van der Waals surface area contributed by atoms with E-state index >= 15 is 0 Å². The van der Waals surface area contributed by atoms with Crippen molar-refractivity contribution < 1.29 is 0 Å². The Hall–Kier alpha value is -10.2. The molecule has 2 aliphatic carbocycles. The highest BCUT2D eigenvalue weighted by Crippen LogP contribution is 2.47. The summed E-state index contributed by atoms with van der Waals surface area (Å²) in [7, 11) is 0. The molecule has 0 spiro atoms.